The molecule has 0 aromatic heterocycles. The molecular formula is C11H23NS. The molecular weight excluding hydrogens is 178 g/mol. The Kier molecular flexibility index (Phi) is 4.60. The molecule has 1 aliphatic rings. The summed E-state index contributed by atoms with van der Waals surface area (Å²) in [6, 6.07) is 0.767. The van der Waals surface area contributed by atoms with Gasteiger partial charge in [0.1, 0.15) is 0 Å². The van der Waals surface area contributed by atoms with E-state index in [4.69, 9.17) is 0 Å². The highest BCUT2D eigenvalue weighted by Crippen LogP contribution is 2.38. The second kappa shape index (κ2) is 5.26. The van der Waals surface area contributed by atoms with Gasteiger partial charge in [-0.25, -0.2) is 0 Å². The molecule has 13 heavy (non-hydrogen) atoms. The van der Waals surface area contributed by atoms with Crippen LogP contribution < -0.4 is 5.32 Å². The van der Waals surface area contributed by atoms with Gasteiger partial charge in [-0.1, -0.05) is 33.6 Å². The molecule has 1 N–H and O–H groups in total. The Morgan fingerprint density at radius 2 is 1.85 bits per heavy atom. The van der Waals surface area contributed by atoms with Crippen molar-refractivity contribution in [3.8, 4) is 0 Å². The maximum Gasteiger partial charge on any atom is 0.0647 e. The van der Waals surface area contributed by atoms with Crippen molar-refractivity contribution in [1.29, 1.82) is 0 Å². The molecule has 1 rings (SSSR count). The highest BCUT2D eigenvalue weighted by molar-refractivity contribution is 8.00. The zero-order chi connectivity index (χ0) is 9.73. The van der Waals surface area contributed by atoms with E-state index in [0.29, 0.717) is 4.87 Å². The predicted octanol–water partition coefficient (Wildman–Crippen LogP) is 3.40. The molecule has 1 saturated heterocycles. The van der Waals surface area contributed by atoms with Crippen molar-refractivity contribution in [2.24, 2.45) is 0 Å². The predicted molar refractivity (Wildman–Crippen MR) is 62.2 cm³/mol. The fourth-order valence-corrected chi connectivity index (χ4v) is 3.94. The lowest BCUT2D eigenvalue weighted by Gasteiger charge is -2.29. The summed E-state index contributed by atoms with van der Waals surface area (Å²) < 4.78 is 0. The van der Waals surface area contributed by atoms with E-state index < -0.39 is 0 Å². The van der Waals surface area contributed by atoms with Crippen molar-refractivity contribution < 1.29 is 0 Å². The van der Waals surface area contributed by atoms with Crippen molar-refractivity contribution >= 4 is 11.8 Å². The lowest BCUT2D eigenvalue weighted by Crippen LogP contribution is -2.41. The van der Waals surface area contributed by atoms with Crippen LogP contribution in [0, 0.1) is 0 Å². The molecule has 1 unspecified atom stereocenters. The van der Waals surface area contributed by atoms with E-state index in [-0.39, 0.29) is 0 Å². The van der Waals surface area contributed by atoms with Crippen molar-refractivity contribution in [3.05, 3.63) is 0 Å². The molecule has 1 fully saturated rings. The minimum absolute atomic E-state index is 0.435. The summed E-state index contributed by atoms with van der Waals surface area (Å²) in [6.07, 6.45) is 6.55. The summed E-state index contributed by atoms with van der Waals surface area (Å²) >= 11 is 2.16. The Hall–Kier alpha value is 0.310. The quantitative estimate of drug-likeness (QED) is 0.731. The standard InChI is InChI=1S/C11H23NS/c1-4-7-11(8-5-2)12-10(6-3)9-13-11/h10,12H,4-9H2,1-3H3. The van der Waals surface area contributed by atoms with E-state index in [2.05, 4.69) is 37.8 Å². The van der Waals surface area contributed by atoms with Gasteiger partial charge in [0.25, 0.3) is 0 Å². The maximum absolute atomic E-state index is 3.82. The highest BCUT2D eigenvalue weighted by Gasteiger charge is 2.36. The first kappa shape index (κ1) is 11.4. The van der Waals surface area contributed by atoms with E-state index in [1.807, 2.05) is 0 Å². The van der Waals surface area contributed by atoms with Gasteiger partial charge in [-0.15, -0.1) is 11.8 Å². The topological polar surface area (TPSA) is 12.0 Å². The molecule has 0 saturated carbocycles. The lowest BCUT2D eigenvalue weighted by molar-refractivity contribution is 0.380. The minimum atomic E-state index is 0.435. The van der Waals surface area contributed by atoms with E-state index in [1.54, 1.807) is 0 Å². The smallest absolute Gasteiger partial charge is 0.0647 e. The molecule has 78 valence electrons. The zero-order valence-corrected chi connectivity index (χ0v) is 10.0. The fraction of sp³-hybridized carbons (Fsp3) is 1.00. The van der Waals surface area contributed by atoms with Crippen molar-refractivity contribution in [1.82, 2.24) is 5.32 Å². The first-order chi connectivity index (χ1) is 6.26. The number of rotatable bonds is 5. The van der Waals surface area contributed by atoms with Crippen LogP contribution in [-0.2, 0) is 0 Å². The summed E-state index contributed by atoms with van der Waals surface area (Å²) in [4.78, 5) is 0.435. The van der Waals surface area contributed by atoms with Gasteiger partial charge >= 0.3 is 0 Å². The van der Waals surface area contributed by atoms with Crippen molar-refractivity contribution in [3.63, 3.8) is 0 Å². The summed E-state index contributed by atoms with van der Waals surface area (Å²) in [5.41, 5.74) is 0. The van der Waals surface area contributed by atoms with Crippen molar-refractivity contribution in [2.45, 2.75) is 63.8 Å². The van der Waals surface area contributed by atoms with Gasteiger partial charge in [0.05, 0.1) is 4.87 Å². The van der Waals surface area contributed by atoms with Crippen LogP contribution >= 0.6 is 11.8 Å². The zero-order valence-electron chi connectivity index (χ0n) is 9.23. The van der Waals surface area contributed by atoms with Crippen LogP contribution in [0.15, 0.2) is 0 Å². The van der Waals surface area contributed by atoms with E-state index >= 15 is 0 Å². The second-order valence-electron chi connectivity index (χ2n) is 4.05. The van der Waals surface area contributed by atoms with Crippen LogP contribution in [-0.4, -0.2) is 16.7 Å². The number of hydrogen-bond acceptors (Lipinski definition) is 2. The Labute approximate surface area is 87.1 Å². The average Bonchev–Trinajstić information content (AvgIpc) is 2.50. The maximum atomic E-state index is 3.82. The van der Waals surface area contributed by atoms with E-state index in [1.165, 1.54) is 37.9 Å². The number of thioether (sulfide) groups is 1. The number of hydrogen-bond donors (Lipinski definition) is 1. The van der Waals surface area contributed by atoms with Gasteiger partial charge in [0.2, 0.25) is 0 Å². The molecule has 0 aromatic carbocycles. The van der Waals surface area contributed by atoms with Crippen LogP contribution in [0.25, 0.3) is 0 Å². The molecule has 0 amide bonds. The van der Waals surface area contributed by atoms with Crippen LogP contribution in [0.4, 0.5) is 0 Å². The molecule has 0 bridgehead atoms. The van der Waals surface area contributed by atoms with Gasteiger partial charge in [-0.3, -0.25) is 5.32 Å². The molecule has 1 heterocycles. The summed E-state index contributed by atoms with van der Waals surface area (Å²) in [6.45, 7) is 6.87. The Bertz CT molecular complexity index is 141. The van der Waals surface area contributed by atoms with Crippen LogP contribution in [0.3, 0.4) is 0 Å². The largest absolute Gasteiger partial charge is 0.299 e. The molecule has 1 nitrogen and oxygen atoms in total. The second-order valence-corrected chi connectivity index (χ2v) is 5.46. The third-order valence-corrected chi connectivity index (χ3v) is 4.48. The third-order valence-electron chi connectivity index (χ3n) is 2.83. The van der Waals surface area contributed by atoms with E-state index in [0.717, 1.165) is 6.04 Å². The molecule has 0 aromatic rings. The summed E-state index contributed by atoms with van der Waals surface area (Å²) in [5, 5.41) is 3.82. The number of nitrogens with one attached hydrogen (secondary N) is 1. The van der Waals surface area contributed by atoms with Gasteiger partial charge in [-0.2, -0.15) is 0 Å². The monoisotopic (exact) mass is 201 g/mol. The Balaban J connectivity index is 2.49. The minimum Gasteiger partial charge on any atom is -0.299 e. The van der Waals surface area contributed by atoms with Gasteiger partial charge in [-0.05, 0) is 19.3 Å². The first-order valence-corrected chi connectivity index (χ1v) is 6.66. The Morgan fingerprint density at radius 1 is 1.23 bits per heavy atom. The summed E-state index contributed by atoms with van der Waals surface area (Å²) in [7, 11) is 0. The normalized spacial score (nSPS) is 26.5. The van der Waals surface area contributed by atoms with Gasteiger partial charge in [0, 0.05) is 11.8 Å². The summed E-state index contributed by atoms with van der Waals surface area (Å²) in [5.74, 6) is 1.32. The molecule has 2 heteroatoms. The molecule has 0 spiro atoms. The molecule has 0 radical (unpaired) electrons. The molecule has 1 aliphatic heterocycles. The van der Waals surface area contributed by atoms with Crippen LogP contribution in [0.5, 0.6) is 0 Å². The first-order valence-electron chi connectivity index (χ1n) is 5.68. The van der Waals surface area contributed by atoms with Crippen LogP contribution in [0.2, 0.25) is 0 Å². The van der Waals surface area contributed by atoms with E-state index in [9.17, 15) is 0 Å². The lowest BCUT2D eigenvalue weighted by atomic mass is 10.0. The van der Waals surface area contributed by atoms with Crippen LogP contribution in [0.1, 0.15) is 52.9 Å². The SMILES string of the molecule is CCCC1(CCC)NC(CC)CS1. The average molecular weight is 201 g/mol. The molecule has 0 aliphatic carbocycles. The van der Waals surface area contributed by atoms with Gasteiger partial charge < -0.3 is 0 Å². The third kappa shape index (κ3) is 2.88. The van der Waals surface area contributed by atoms with Crippen molar-refractivity contribution in [2.75, 3.05) is 5.75 Å². The van der Waals surface area contributed by atoms with Gasteiger partial charge in [0.15, 0.2) is 0 Å². The Morgan fingerprint density at radius 3 is 2.23 bits per heavy atom. The highest BCUT2D eigenvalue weighted by atomic mass is 32.2. The fourth-order valence-electron chi connectivity index (χ4n) is 2.16. The molecule has 1 atom stereocenters.